The number of ether oxygens (including phenoxy) is 3. The van der Waals surface area contributed by atoms with Gasteiger partial charge in [-0.25, -0.2) is 0 Å². The number of rotatable bonds is 6. The van der Waals surface area contributed by atoms with Crippen LogP contribution in [-0.4, -0.2) is 27.2 Å². The van der Waals surface area contributed by atoms with Gasteiger partial charge in [0.15, 0.2) is 11.5 Å². The molecule has 4 rings (SSSR count). The standard InChI is InChI=1S/C27H27ClN2O5/c1-15(31)29-21-11-5-16-13-24(33-2)26(34-3)27(35-4)25(16)19-10-12-22(23(32)14-20(19)21)30-18-8-6-17(28)7-9-18/h6-10,12-14,21H,5,11H2,1-4H3,(H,29,31)(H,30,32)/t21-/m0/s1. The number of carbonyl (C=O) groups excluding carboxylic acids is 1. The van der Waals surface area contributed by atoms with Crippen molar-refractivity contribution >= 4 is 28.9 Å². The Kier molecular flexibility index (Phi) is 7.17. The van der Waals surface area contributed by atoms with Crippen LogP contribution in [0.4, 0.5) is 11.4 Å². The van der Waals surface area contributed by atoms with Crippen LogP contribution in [0.5, 0.6) is 17.2 Å². The molecule has 0 aromatic heterocycles. The van der Waals surface area contributed by atoms with Gasteiger partial charge in [0, 0.05) is 23.2 Å². The van der Waals surface area contributed by atoms with Crippen LogP contribution in [0.3, 0.4) is 0 Å². The molecule has 0 radical (unpaired) electrons. The van der Waals surface area contributed by atoms with Gasteiger partial charge in [-0.3, -0.25) is 9.59 Å². The molecule has 182 valence electrons. The lowest BCUT2D eigenvalue weighted by atomic mass is 9.95. The third-order valence-corrected chi connectivity index (χ3v) is 6.29. The highest BCUT2D eigenvalue weighted by Gasteiger charge is 2.29. The number of hydrogen-bond acceptors (Lipinski definition) is 6. The molecule has 0 heterocycles. The average Bonchev–Trinajstić information content (AvgIpc) is 3.08. The van der Waals surface area contributed by atoms with Crippen molar-refractivity contribution in [3.63, 3.8) is 0 Å². The molecule has 0 bridgehead atoms. The largest absolute Gasteiger partial charge is 0.493 e. The number of methoxy groups -OCH3 is 3. The Morgan fingerprint density at radius 3 is 2.31 bits per heavy atom. The molecule has 0 saturated heterocycles. The number of aryl methyl sites for hydroxylation is 1. The van der Waals surface area contributed by atoms with Gasteiger partial charge in [0.1, 0.15) is 0 Å². The summed E-state index contributed by atoms with van der Waals surface area (Å²) < 4.78 is 17.0. The van der Waals surface area contributed by atoms with E-state index in [4.69, 9.17) is 25.8 Å². The van der Waals surface area contributed by atoms with E-state index in [1.54, 1.807) is 57.7 Å². The topological polar surface area (TPSA) is 85.9 Å². The van der Waals surface area contributed by atoms with Crippen molar-refractivity contribution in [2.75, 3.05) is 26.6 Å². The van der Waals surface area contributed by atoms with E-state index in [1.807, 2.05) is 12.1 Å². The van der Waals surface area contributed by atoms with E-state index in [0.717, 1.165) is 22.4 Å². The number of benzene rings is 2. The fourth-order valence-electron chi connectivity index (χ4n) is 4.50. The molecule has 0 unspecified atom stereocenters. The van der Waals surface area contributed by atoms with E-state index in [0.29, 0.717) is 46.4 Å². The maximum Gasteiger partial charge on any atom is 0.217 e. The van der Waals surface area contributed by atoms with Gasteiger partial charge >= 0.3 is 0 Å². The van der Waals surface area contributed by atoms with Gasteiger partial charge in [-0.05, 0) is 72.0 Å². The Morgan fingerprint density at radius 1 is 0.971 bits per heavy atom. The lowest BCUT2D eigenvalue weighted by Crippen LogP contribution is -2.26. The minimum Gasteiger partial charge on any atom is -0.493 e. The minimum atomic E-state index is -0.361. The number of hydrogen-bond donors (Lipinski definition) is 2. The predicted octanol–water partition coefficient (Wildman–Crippen LogP) is 5.26. The summed E-state index contributed by atoms with van der Waals surface area (Å²) in [7, 11) is 4.70. The van der Waals surface area contributed by atoms with Crippen LogP contribution in [0.1, 0.15) is 30.5 Å². The van der Waals surface area contributed by atoms with E-state index in [-0.39, 0.29) is 17.4 Å². The molecule has 3 aromatic carbocycles. The first-order chi connectivity index (χ1) is 16.9. The van der Waals surface area contributed by atoms with Crippen LogP contribution in [0, 0.1) is 0 Å². The van der Waals surface area contributed by atoms with E-state index < -0.39 is 0 Å². The lowest BCUT2D eigenvalue weighted by Gasteiger charge is -2.19. The van der Waals surface area contributed by atoms with Crippen molar-refractivity contribution in [2.45, 2.75) is 25.8 Å². The SMILES string of the molecule is COc1cc2c(c(OC)c1OC)-c1ccc(Nc3ccc(Cl)cc3)c(=O)cc1[C@@H](NC(C)=O)CC2. The van der Waals surface area contributed by atoms with Crippen molar-refractivity contribution in [3.8, 4) is 28.4 Å². The Labute approximate surface area is 209 Å². The summed E-state index contributed by atoms with van der Waals surface area (Å²) in [6.07, 6.45) is 1.24. The highest BCUT2D eigenvalue weighted by molar-refractivity contribution is 6.30. The van der Waals surface area contributed by atoms with Crippen molar-refractivity contribution in [2.24, 2.45) is 0 Å². The van der Waals surface area contributed by atoms with Gasteiger partial charge in [0.2, 0.25) is 17.1 Å². The summed E-state index contributed by atoms with van der Waals surface area (Å²) in [6.45, 7) is 1.47. The second-order valence-electron chi connectivity index (χ2n) is 8.23. The van der Waals surface area contributed by atoms with Crippen LogP contribution >= 0.6 is 11.6 Å². The van der Waals surface area contributed by atoms with E-state index >= 15 is 0 Å². The zero-order valence-electron chi connectivity index (χ0n) is 20.0. The van der Waals surface area contributed by atoms with Crippen molar-refractivity contribution < 1.29 is 19.0 Å². The summed E-state index contributed by atoms with van der Waals surface area (Å²) in [5.74, 6) is 1.36. The van der Waals surface area contributed by atoms with Crippen LogP contribution < -0.4 is 30.3 Å². The molecular formula is C27H27ClN2O5. The summed E-state index contributed by atoms with van der Waals surface area (Å²) in [6, 6.07) is 13.9. The summed E-state index contributed by atoms with van der Waals surface area (Å²) in [5, 5.41) is 6.79. The molecule has 3 aromatic rings. The molecule has 0 aliphatic heterocycles. The molecule has 8 heteroatoms. The van der Waals surface area contributed by atoms with Crippen LogP contribution in [0.2, 0.25) is 5.02 Å². The molecule has 7 nitrogen and oxygen atoms in total. The number of carbonyl (C=O) groups is 1. The normalized spacial score (nSPS) is 14.1. The van der Waals surface area contributed by atoms with Crippen molar-refractivity contribution in [3.05, 3.63) is 74.9 Å². The fraction of sp³-hybridized carbons (Fsp3) is 0.259. The number of nitrogens with one attached hydrogen (secondary N) is 2. The van der Waals surface area contributed by atoms with Crippen LogP contribution in [0.25, 0.3) is 11.1 Å². The highest BCUT2D eigenvalue weighted by Crippen LogP contribution is 2.50. The fourth-order valence-corrected chi connectivity index (χ4v) is 4.63. The second-order valence-corrected chi connectivity index (χ2v) is 8.66. The maximum absolute atomic E-state index is 13.3. The summed E-state index contributed by atoms with van der Waals surface area (Å²) in [5.41, 5.74) is 4.17. The predicted molar refractivity (Wildman–Crippen MR) is 137 cm³/mol. The number of amides is 1. The molecule has 1 aliphatic carbocycles. The minimum absolute atomic E-state index is 0.174. The zero-order chi connectivity index (χ0) is 25.1. The highest BCUT2D eigenvalue weighted by atomic mass is 35.5. The zero-order valence-corrected chi connectivity index (χ0v) is 20.8. The Morgan fingerprint density at radius 2 is 1.69 bits per heavy atom. The first-order valence-electron chi connectivity index (χ1n) is 11.2. The Balaban J connectivity index is 1.97. The van der Waals surface area contributed by atoms with E-state index in [9.17, 15) is 9.59 Å². The number of fused-ring (bicyclic) bond motifs is 3. The second kappa shape index (κ2) is 10.3. The van der Waals surface area contributed by atoms with Crippen molar-refractivity contribution in [1.29, 1.82) is 0 Å². The van der Waals surface area contributed by atoms with Crippen LogP contribution in [0.15, 0.2) is 53.3 Å². The third kappa shape index (κ3) is 4.91. The van der Waals surface area contributed by atoms with Gasteiger partial charge in [0.25, 0.3) is 0 Å². The molecule has 1 amide bonds. The molecule has 1 aliphatic rings. The molecule has 0 fully saturated rings. The quantitative estimate of drug-likeness (QED) is 0.486. The Hall–Kier alpha value is -3.71. The van der Waals surface area contributed by atoms with Gasteiger partial charge in [-0.1, -0.05) is 17.7 Å². The first-order valence-corrected chi connectivity index (χ1v) is 11.5. The smallest absolute Gasteiger partial charge is 0.217 e. The number of anilines is 2. The third-order valence-electron chi connectivity index (χ3n) is 6.04. The van der Waals surface area contributed by atoms with Gasteiger partial charge in [-0.2, -0.15) is 0 Å². The Bertz CT molecular complexity index is 1320. The average molecular weight is 495 g/mol. The lowest BCUT2D eigenvalue weighted by molar-refractivity contribution is -0.119. The molecule has 35 heavy (non-hydrogen) atoms. The van der Waals surface area contributed by atoms with Gasteiger partial charge in [-0.15, -0.1) is 0 Å². The van der Waals surface area contributed by atoms with E-state index in [1.165, 1.54) is 6.92 Å². The molecule has 0 saturated carbocycles. The summed E-state index contributed by atoms with van der Waals surface area (Å²) in [4.78, 5) is 25.4. The molecule has 2 N–H and O–H groups in total. The first kappa shape index (κ1) is 24.4. The number of halogens is 1. The maximum atomic E-state index is 13.3. The molecule has 0 spiro atoms. The molecule has 1 atom stereocenters. The van der Waals surface area contributed by atoms with E-state index in [2.05, 4.69) is 10.6 Å². The molecular weight excluding hydrogens is 468 g/mol. The van der Waals surface area contributed by atoms with Crippen LogP contribution in [-0.2, 0) is 11.2 Å². The van der Waals surface area contributed by atoms with Gasteiger partial charge < -0.3 is 24.8 Å². The van der Waals surface area contributed by atoms with Crippen molar-refractivity contribution in [1.82, 2.24) is 5.32 Å². The van der Waals surface area contributed by atoms with Gasteiger partial charge in [0.05, 0.1) is 33.1 Å². The monoisotopic (exact) mass is 494 g/mol. The summed E-state index contributed by atoms with van der Waals surface area (Å²) >= 11 is 5.99.